The summed E-state index contributed by atoms with van der Waals surface area (Å²) in [5.74, 6) is 1.93. The van der Waals surface area contributed by atoms with E-state index in [1.165, 1.54) is 25.3 Å². The van der Waals surface area contributed by atoms with Crippen molar-refractivity contribution >= 4 is 11.8 Å². The Morgan fingerprint density at radius 1 is 1.60 bits per heavy atom. The van der Waals surface area contributed by atoms with Crippen LogP contribution in [0, 0.1) is 5.92 Å². The predicted molar refractivity (Wildman–Crippen MR) is 65.3 cm³/mol. The van der Waals surface area contributed by atoms with E-state index in [9.17, 15) is 0 Å². The smallest absolute Gasteiger partial charge is 0.0510 e. The molecule has 0 amide bonds. The van der Waals surface area contributed by atoms with Crippen molar-refractivity contribution in [3.05, 3.63) is 0 Å². The Hall–Kier alpha value is 0.230. The molecule has 0 aromatic carbocycles. The summed E-state index contributed by atoms with van der Waals surface area (Å²) in [4.78, 5) is 2.58. The average molecular weight is 230 g/mol. The van der Waals surface area contributed by atoms with Gasteiger partial charge in [0.2, 0.25) is 0 Å². The van der Waals surface area contributed by atoms with E-state index >= 15 is 0 Å². The number of hydrogen-bond donors (Lipinski definition) is 1. The second-order valence-corrected chi connectivity index (χ2v) is 6.15. The van der Waals surface area contributed by atoms with E-state index < -0.39 is 0 Å². The lowest BCUT2D eigenvalue weighted by Gasteiger charge is -2.38. The Morgan fingerprint density at radius 3 is 3.07 bits per heavy atom. The Morgan fingerprint density at radius 2 is 2.47 bits per heavy atom. The molecule has 2 fully saturated rings. The second-order valence-electron chi connectivity index (χ2n) is 4.60. The molecule has 15 heavy (non-hydrogen) atoms. The Kier molecular flexibility index (Phi) is 4.31. The molecule has 2 rings (SSSR count). The van der Waals surface area contributed by atoms with Crippen molar-refractivity contribution in [1.82, 2.24) is 4.90 Å². The topological polar surface area (TPSA) is 38.5 Å². The van der Waals surface area contributed by atoms with Crippen molar-refractivity contribution in [2.45, 2.75) is 24.6 Å². The highest BCUT2D eigenvalue weighted by molar-refractivity contribution is 7.99. The van der Waals surface area contributed by atoms with Gasteiger partial charge in [-0.05, 0) is 6.42 Å². The van der Waals surface area contributed by atoms with E-state index in [1.807, 2.05) is 0 Å². The van der Waals surface area contributed by atoms with E-state index in [0.717, 1.165) is 25.0 Å². The van der Waals surface area contributed by atoms with Gasteiger partial charge in [0.05, 0.1) is 6.61 Å². The van der Waals surface area contributed by atoms with Crippen LogP contribution in [0.15, 0.2) is 0 Å². The van der Waals surface area contributed by atoms with Crippen LogP contribution in [-0.4, -0.2) is 54.8 Å². The summed E-state index contributed by atoms with van der Waals surface area (Å²) < 4.78 is 5.47. The molecule has 0 aliphatic carbocycles. The SMILES string of the molecule is CC1CN(C(CN)C2CCOC2)CCS1. The molecule has 2 aliphatic rings. The first-order valence-corrected chi connectivity index (χ1v) is 6.99. The maximum absolute atomic E-state index is 5.92. The molecule has 0 aromatic rings. The lowest BCUT2D eigenvalue weighted by molar-refractivity contribution is 0.125. The molecule has 0 saturated carbocycles. The molecule has 88 valence electrons. The van der Waals surface area contributed by atoms with Gasteiger partial charge in [0.1, 0.15) is 0 Å². The fraction of sp³-hybridized carbons (Fsp3) is 1.00. The summed E-state index contributed by atoms with van der Waals surface area (Å²) in [6.45, 7) is 7.34. The monoisotopic (exact) mass is 230 g/mol. The Labute approximate surface area is 96.7 Å². The van der Waals surface area contributed by atoms with Gasteiger partial charge in [0.25, 0.3) is 0 Å². The molecule has 2 N–H and O–H groups in total. The number of hydrogen-bond acceptors (Lipinski definition) is 4. The maximum Gasteiger partial charge on any atom is 0.0510 e. The number of nitrogens with zero attached hydrogens (tertiary/aromatic N) is 1. The van der Waals surface area contributed by atoms with E-state index in [-0.39, 0.29) is 0 Å². The van der Waals surface area contributed by atoms with Gasteiger partial charge in [-0.3, -0.25) is 4.90 Å². The van der Waals surface area contributed by atoms with Crippen LogP contribution in [-0.2, 0) is 4.74 Å². The number of nitrogens with two attached hydrogens (primary N) is 1. The van der Waals surface area contributed by atoms with Gasteiger partial charge in [-0.2, -0.15) is 11.8 Å². The molecule has 2 saturated heterocycles. The quantitative estimate of drug-likeness (QED) is 0.778. The first-order valence-electron chi connectivity index (χ1n) is 5.94. The lowest BCUT2D eigenvalue weighted by atomic mass is 9.97. The Bertz CT molecular complexity index is 197. The van der Waals surface area contributed by atoms with Crippen LogP contribution in [0.4, 0.5) is 0 Å². The van der Waals surface area contributed by atoms with Crippen molar-refractivity contribution < 1.29 is 4.74 Å². The van der Waals surface area contributed by atoms with Gasteiger partial charge in [-0.1, -0.05) is 6.92 Å². The predicted octanol–water partition coefficient (Wildman–Crippen LogP) is 0.788. The zero-order valence-corrected chi connectivity index (χ0v) is 10.3. The van der Waals surface area contributed by atoms with Crippen LogP contribution < -0.4 is 5.73 Å². The summed E-state index contributed by atoms with van der Waals surface area (Å²) in [6, 6.07) is 0.552. The zero-order valence-electron chi connectivity index (χ0n) is 9.52. The van der Waals surface area contributed by atoms with Crippen LogP contribution in [0.25, 0.3) is 0 Å². The molecular formula is C11H22N2OS. The van der Waals surface area contributed by atoms with E-state index in [0.29, 0.717) is 12.0 Å². The highest BCUT2D eigenvalue weighted by atomic mass is 32.2. The third-order valence-electron chi connectivity index (χ3n) is 3.49. The fourth-order valence-corrected chi connectivity index (χ4v) is 3.68. The van der Waals surface area contributed by atoms with Gasteiger partial charge >= 0.3 is 0 Å². The van der Waals surface area contributed by atoms with Crippen molar-refractivity contribution in [2.75, 3.05) is 38.6 Å². The molecule has 0 aromatic heterocycles. The highest BCUT2D eigenvalue weighted by Crippen LogP contribution is 2.25. The molecule has 4 heteroatoms. The van der Waals surface area contributed by atoms with Gasteiger partial charge in [-0.15, -0.1) is 0 Å². The standard InChI is InChI=1S/C11H22N2OS/c1-9-7-13(3-5-15-9)11(6-12)10-2-4-14-8-10/h9-11H,2-8,12H2,1H3. The van der Waals surface area contributed by atoms with Crippen LogP contribution >= 0.6 is 11.8 Å². The van der Waals surface area contributed by atoms with Crippen molar-refractivity contribution in [2.24, 2.45) is 11.7 Å². The third-order valence-corrected chi connectivity index (χ3v) is 4.63. The minimum Gasteiger partial charge on any atom is -0.381 e. The minimum atomic E-state index is 0.552. The van der Waals surface area contributed by atoms with Crippen molar-refractivity contribution in [3.63, 3.8) is 0 Å². The zero-order chi connectivity index (χ0) is 10.7. The number of ether oxygens (including phenoxy) is 1. The van der Waals surface area contributed by atoms with Gasteiger partial charge in [-0.25, -0.2) is 0 Å². The maximum atomic E-state index is 5.92. The molecular weight excluding hydrogens is 208 g/mol. The van der Waals surface area contributed by atoms with E-state index in [1.54, 1.807) is 0 Å². The molecule has 0 bridgehead atoms. The third kappa shape index (κ3) is 2.87. The van der Waals surface area contributed by atoms with Crippen LogP contribution in [0.3, 0.4) is 0 Å². The minimum absolute atomic E-state index is 0.552. The van der Waals surface area contributed by atoms with Crippen LogP contribution in [0.1, 0.15) is 13.3 Å². The summed E-state index contributed by atoms with van der Waals surface area (Å²) in [5.41, 5.74) is 5.92. The molecule has 0 spiro atoms. The summed E-state index contributed by atoms with van der Waals surface area (Å²) in [6.07, 6.45) is 1.19. The summed E-state index contributed by atoms with van der Waals surface area (Å²) in [7, 11) is 0. The van der Waals surface area contributed by atoms with E-state index in [2.05, 4.69) is 23.6 Å². The van der Waals surface area contributed by atoms with Crippen LogP contribution in [0.2, 0.25) is 0 Å². The summed E-state index contributed by atoms with van der Waals surface area (Å²) >= 11 is 2.08. The fourth-order valence-electron chi connectivity index (χ4n) is 2.64. The second kappa shape index (κ2) is 5.53. The average Bonchev–Trinajstić information content (AvgIpc) is 2.72. The molecule has 2 aliphatic heterocycles. The lowest BCUT2D eigenvalue weighted by Crippen LogP contribution is -2.50. The highest BCUT2D eigenvalue weighted by Gasteiger charge is 2.31. The summed E-state index contributed by atoms with van der Waals surface area (Å²) in [5, 5.41) is 0.759. The first kappa shape index (κ1) is 11.7. The molecule has 2 heterocycles. The van der Waals surface area contributed by atoms with Crippen molar-refractivity contribution in [3.8, 4) is 0 Å². The van der Waals surface area contributed by atoms with Gasteiger partial charge in [0, 0.05) is 49.2 Å². The van der Waals surface area contributed by atoms with Gasteiger partial charge < -0.3 is 10.5 Å². The number of rotatable bonds is 3. The largest absolute Gasteiger partial charge is 0.381 e. The Balaban J connectivity index is 1.92. The van der Waals surface area contributed by atoms with Crippen LogP contribution in [0.5, 0.6) is 0 Å². The van der Waals surface area contributed by atoms with E-state index in [4.69, 9.17) is 10.5 Å². The van der Waals surface area contributed by atoms with Crippen molar-refractivity contribution in [1.29, 1.82) is 0 Å². The molecule has 0 radical (unpaired) electrons. The molecule has 3 atom stereocenters. The van der Waals surface area contributed by atoms with Gasteiger partial charge in [0.15, 0.2) is 0 Å². The number of thioether (sulfide) groups is 1. The molecule has 3 unspecified atom stereocenters. The normalized spacial score (nSPS) is 35.6. The first-order chi connectivity index (χ1) is 7.31. The molecule has 3 nitrogen and oxygen atoms in total.